The van der Waals surface area contributed by atoms with Gasteiger partial charge in [0.2, 0.25) is 0 Å². The molecular formula is C21H23FN6O2. The zero-order valence-corrected chi connectivity index (χ0v) is 16.7. The van der Waals surface area contributed by atoms with Crippen LogP contribution >= 0.6 is 0 Å². The van der Waals surface area contributed by atoms with Gasteiger partial charge in [-0.15, -0.1) is 5.10 Å². The van der Waals surface area contributed by atoms with E-state index >= 15 is 0 Å². The van der Waals surface area contributed by atoms with Crippen LogP contribution in [0.5, 0.6) is 5.75 Å². The van der Waals surface area contributed by atoms with Gasteiger partial charge in [0, 0.05) is 26.2 Å². The summed E-state index contributed by atoms with van der Waals surface area (Å²) in [5.41, 5.74) is 1.86. The molecule has 0 aliphatic carbocycles. The summed E-state index contributed by atoms with van der Waals surface area (Å²) in [7, 11) is 0. The van der Waals surface area contributed by atoms with Crippen molar-refractivity contribution in [1.29, 1.82) is 0 Å². The van der Waals surface area contributed by atoms with Crippen molar-refractivity contribution >= 4 is 5.91 Å². The highest BCUT2D eigenvalue weighted by molar-refractivity contribution is 5.77. The molecule has 0 spiro atoms. The summed E-state index contributed by atoms with van der Waals surface area (Å²) < 4.78 is 20.4. The van der Waals surface area contributed by atoms with Crippen LogP contribution in [0.4, 0.5) is 4.39 Å². The highest BCUT2D eigenvalue weighted by Crippen LogP contribution is 2.14. The minimum atomic E-state index is -0.305. The molecule has 1 aliphatic rings. The monoisotopic (exact) mass is 410 g/mol. The lowest BCUT2D eigenvalue weighted by Crippen LogP contribution is -2.49. The average molecular weight is 410 g/mol. The number of amides is 1. The molecule has 156 valence electrons. The summed E-state index contributed by atoms with van der Waals surface area (Å²) in [4.78, 5) is 16.4. The Morgan fingerprint density at radius 3 is 2.43 bits per heavy atom. The van der Waals surface area contributed by atoms with Crippen LogP contribution < -0.4 is 4.74 Å². The fourth-order valence-electron chi connectivity index (χ4n) is 3.31. The Labute approximate surface area is 173 Å². The van der Waals surface area contributed by atoms with E-state index < -0.39 is 0 Å². The number of hydrogen-bond donors (Lipinski definition) is 0. The second-order valence-electron chi connectivity index (χ2n) is 7.24. The minimum Gasteiger partial charge on any atom is -0.484 e. The number of ether oxygens (including phenoxy) is 1. The molecule has 4 rings (SSSR count). The lowest BCUT2D eigenvalue weighted by atomic mass is 10.2. The number of rotatable bonds is 6. The lowest BCUT2D eigenvalue weighted by Gasteiger charge is -2.34. The van der Waals surface area contributed by atoms with Gasteiger partial charge >= 0.3 is 0 Å². The van der Waals surface area contributed by atoms with Crippen LogP contribution in [0.25, 0.3) is 5.69 Å². The molecule has 0 atom stereocenters. The Kier molecular flexibility index (Phi) is 5.99. The van der Waals surface area contributed by atoms with Gasteiger partial charge in [-0.05, 0) is 53.7 Å². The van der Waals surface area contributed by atoms with Gasteiger partial charge in [0.15, 0.2) is 12.4 Å². The van der Waals surface area contributed by atoms with Gasteiger partial charge in [-0.3, -0.25) is 9.69 Å². The first-order valence-electron chi connectivity index (χ1n) is 9.81. The quantitative estimate of drug-likeness (QED) is 0.617. The summed E-state index contributed by atoms with van der Waals surface area (Å²) in [5.74, 6) is 1.04. The Morgan fingerprint density at radius 1 is 1.03 bits per heavy atom. The van der Waals surface area contributed by atoms with Crippen molar-refractivity contribution in [2.45, 2.75) is 13.5 Å². The topological polar surface area (TPSA) is 76.4 Å². The van der Waals surface area contributed by atoms with Gasteiger partial charge < -0.3 is 9.64 Å². The largest absolute Gasteiger partial charge is 0.484 e. The van der Waals surface area contributed by atoms with E-state index in [2.05, 4.69) is 20.4 Å². The maximum atomic E-state index is 13.2. The molecule has 0 radical (unpaired) electrons. The van der Waals surface area contributed by atoms with Crippen LogP contribution in [0.3, 0.4) is 0 Å². The van der Waals surface area contributed by atoms with Crippen molar-refractivity contribution in [3.8, 4) is 11.4 Å². The number of tetrazole rings is 1. The Hall–Kier alpha value is -3.33. The molecule has 0 saturated carbocycles. The molecule has 1 saturated heterocycles. The molecule has 3 aromatic rings. The van der Waals surface area contributed by atoms with E-state index in [0.29, 0.717) is 50.0 Å². The molecule has 2 aromatic carbocycles. The number of aryl methyl sites for hydroxylation is 1. The second-order valence-corrected chi connectivity index (χ2v) is 7.24. The highest BCUT2D eigenvalue weighted by Gasteiger charge is 2.23. The highest BCUT2D eigenvalue weighted by atomic mass is 19.1. The molecule has 1 aromatic heterocycles. The van der Waals surface area contributed by atoms with Crippen LogP contribution in [0.15, 0.2) is 48.5 Å². The molecule has 9 heteroatoms. The fraction of sp³-hybridized carbons (Fsp3) is 0.333. The van der Waals surface area contributed by atoms with Gasteiger partial charge in [-0.2, -0.15) is 4.68 Å². The van der Waals surface area contributed by atoms with Gasteiger partial charge in [0.05, 0.1) is 12.2 Å². The number of carbonyl (C=O) groups excluding carboxylic acids is 1. The van der Waals surface area contributed by atoms with E-state index in [-0.39, 0.29) is 18.3 Å². The minimum absolute atomic E-state index is 0.0219. The molecule has 0 unspecified atom stereocenters. The molecule has 8 nitrogen and oxygen atoms in total. The van der Waals surface area contributed by atoms with Crippen molar-refractivity contribution in [1.82, 2.24) is 30.0 Å². The summed E-state index contributed by atoms with van der Waals surface area (Å²) in [6.07, 6.45) is 0. The maximum Gasteiger partial charge on any atom is 0.260 e. The summed E-state index contributed by atoms with van der Waals surface area (Å²) in [6, 6.07) is 13.7. The van der Waals surface area contributed by atoms with E-state index in [4.69, 9.17) is 4.74 Å². The van der Waals surface area contributed by atoms with E-state index in [1.54, 1.807) is 16.8 Å². The Balaban J connectivity index is 1.28. The molecule has 30 heavy (non-hydrogen) atoms. The molecule has 1 aliphatic heterocycles. The third-order valence-electron chi connectivity index (χ3n) is 5.08. The summed E-state index contributed by atoms with van der Waals surface area (Å²) in [6.45, 7) is 5.26. The maximum absolute atomic E-state index is 13.2. The van der Waals surface area contributed by atoms with Crippen LogP contribution in [0.1, 0.15) is 11.4 Å². The van der Waals surface area contributed by atoms with Crippen LogP contribution in [0, 0.1) is 12.7 Å². The zero-order valence-electron chi connectivity index (χ0n) is 16.7. The van der Waals surface area contributed by atoms with E-state index in [0.717, 1.165) is 5.56 Å². The standard InChI is InChI=1S/C21H23FN6O2/c1-16-2-8-19(9-3-16)30-15-21(29)27-12-10-26(11-13-27)14-20-23-24-25-28(20)18-6-4-17(22)5-7-18/h2-9H,10-15H2,1H3. The first-order chi connectivity index (χ1) is 14.6. The Bertz CT molecular complexity index is 981. The van der Waals surface area contributed by atoms with Gasteiger partial charge in [0.1, 0.15) is 11.6 Å². The van der Waals surface area contributed by atoms with Crippen LogP contribution in [-0.2, 0) is 11.3 Å². The van der Waals surface area contributed by atoms with E-state index in [1.807, 2.05) is 36.1 Å². The first-order valence-corrected chi connectivity index (χ1v) is 9.81. The predicted octanol–water partition coefficient (Wildman–Crippen LogP) is 1.83. The number of hydrogen-bond acceptors (Lipinski definition) is 6. The van der Waals surface area contributed by atoms with E-state index in [1.165, 1.54) is 12.1 Å². The third-order valence-corrected chi connectivity index (χ3v) is 5.08. The fourth-order valence-corrected chi connectivity index (χ4v) is 3.31. The number of halogens is 1. The SMILES string of the molecule is Cc1ccc(OCC(=O)N2CCN(Cc3nnnn3-c3ccc(F)cc3)CC2)cc1. The van der Waals surface area contributed by atoms with Crippen LogP contribution in [0.2, 0.25) is 0 Å². The molecule has 0 N–H and O–H groups in total. The average Bonchev–Trinajstić information content (AvgIpc) is 3.22. The number of piperazine rings is 1. The van der Waals surface area contributed by atoms with E-state index in [9.17, 15) is 9.18 Å². The number of benzene rings is 2. The zero-order chi connectivity index (χ0) is 20.9. The molecular weight excluding hydrogens is 387 g/mol. The number of nitrogens with zero attached hydrogens (tertiary/aromatic N) is 6. The van der Waals surface area contributed by atoms with Gasteiger partial charge in [-0.1, -0.05) is 17.7 Å². The summed E-state index contributed by atoms with van der Waals surface area (Å²) in [5, 5.41) is 11.9. The van der Waals surface area contributed by atoms with Crippen molar-refractivity contribution in [2.24, 2.45) is 0 Å². The molecule has 0 bridgehead atoms. The van der Waals surface area contributed by atoms with Gasteiger partial charge in [0.25, 0.3) is 5.91 Å². The molecule has 2 heterocycles. The normalized spacial score (nSPS) is 14.7. The Morgan fingerprint density at radius 2 is 1.73 bits per heavy atom. The van der Waals surface area contributed by atoms with Crippen LogP contribution in [-0.4, -0.2) is 68.7 Å². The first kappa shape index (κ1) is 20.0. The van der Waals surface area contributed by atoms with Gasteiger partial charge in [-0.25, -0.2) is 4.39 Å². The number of carbonyl (C=O) groups is 1. The number of aromatic nitrogens is 4. The van der Waals surface area contributed by atoms with Crippen molar-refractivity contribution in [3.63, 3.8) is 0 Å². The van der Waals surface area contributed by atoms with Crippen molar-refractivity contribution < 1.29 is 13.9 Å². The lowest BCUT2D eigenvalue weighted by molar-refractivity contribution is -0.135. The smallest absolute Gasteiger partial charge is 0.260 e. The van der Waals surface area contributed by atoms with Crippen molar-refractivity contribution in [3.05, 3.63) is 65.7 Å². The van der Waals surface area contributed by atoms with Crippen molar-refractivity contribution in [2.75, 3.05) is 32.8 Å². The third kappa shape index (κ3) is 4.80. The molecule has 1 amide bonds. The molecule has 1 fully saturated rings. The predicted molar refractivity (Wildman–Crippen MR) is 108 cm³/mol. The second kappa shape index (κ2) is 9.00. The summed E-state index contributed by atoms with van der Waals surface area (Å²) >= 11 is 0.